The zero-order chi connectivity index (χ0) is 23.7. The minimum absolute atomic E-state index is 0.0392. The molecule has 3 aromatic heterocycles. The number of methoxy groups -OCH3 is 1. The molecule has 1 fully saturated rings. The van der Waals surface area contributed by atoms with Crippen molar-refractivity contribution in [2.45, 2.75) is 38.7 Å². The van der Waals surface area contributed by atoms with Gasteiger partial charge in [-0.1, -0.05) is 31.1 Å². The summed E-state index contributed by atoms with van der Waals surface area (Å²) in [5, 5.41) is 4.89. The summed E-state index contributed by atoms with van der Waals surface area (Å²) in [6, 6.07) is 9.35. The average molecular weight is 464 g/mol. The van der Waals surface area contributed by atoms with Gasteiger partial charge in [-0.25, -0.2) is 9.37 Å². The number of ether oxygens (including phenoxy) is 2. The molecule has 0 spiro atoms. The summed E-state index contributed by atoms with van der Waals surface area (Å²) in [6.07, 6.45) is 4.84. The molecule has 8 nitrogen and oxygen atoms in total. The van der Waals surface area contributed by atoms with Crippen molar-refractivity contribution in [3.05, 3.63) is 54.4 Å². The highest BCUT2D eigenvalue weighted by molar-refractivity contribution is 5.96. The lowest BCUT2D eigenvalue weighted by Crippen LogP contribution is -2.38. The lowest BCUT2D eigenvalue weighted by molar-refractivity contribution is 0.170. The van der Waals surface area contributed by atoms with Gasteiger partial charge < -0.3 is 18.9 Å². The second-order valence-electron chi connectivity index (χ2n) is 8.61. The number of nitrogens with zero attached hydrogens (tertiary/aromatic N) is 5. The van der Waals surface area contributed by atoms with Crippen molar-refractivity contribution in [3.63, 3.8) is 0 Å². The Hall–Kier alpha value is -3.75. The van der Waals surface area contributed by atoms with Crippen molar-refractivity contribution < 1.29 is 18.4 Å². The Kier molecular flexibility index (Phi) is 6.00. The molecule has 1 aromatic carbocycles. The SMILES string of the molecule is COc1cc(F)c(-c2cccc3c(OC4CCN(c5nc(C(C)C)no5)CC4)ccnc23)cn1. The van der Waals surface area contributed by atoms with Gasteiger partial charge in [-0.05, 0) is 12.1 Å². The van der Waals surface area contributed by atoms with E-state index in [4.69, 9.17) is 14.0 Å². The second-order valence-corrected chi connectivity index (χ2v) is 8.61. The van der Waals surface area contributed by atoms with Gasteiger partial charge in [0.05, 0.1) is 12.6 Å². The molecule has 0 atom stereocenters. The van der Waals surface area contributed by atoms with Crippen LogP contribution >= 0.6 is 0 Å². The van der Waals surface area contributed by atoms with Crippen LogP contribution in [0.15, 0.2) is 47.2 Å². The van der Waals surface area contributed by atoms with Crippen LogP contribution in [0.3, 0.4) is 0 Å². The predicted molar refractivity (Wildman–Crippen MR) is 126 cm³/mol. The van der Waals surface area contributed by atoms with Crippen LogP contribution in [0.1, 0.15) is 38.4 Å². The van der Waals surface area contributed by atoms with Crippen LogP contribution in [0.4, 0.5) is 10.4 Å². The molecule has 0 radical (unpaired) electrons. The Labute approximate surface area is 196 Å². The van der Waals surface area contributed by atoms with E-state index in [1.54, 1.807) is 6.20 Å². The maximum Gasteiger partial charge on any atom is 0.324 e. The molecule has 4 aromatic rings. The fourth-order valence-electron chi connectivity index (χ4n) is 4.13. The van der Waals surface area contributed by atoms with E-state index in [-0.39, 0.29) is 17.9 Å². The third-order valence-electron chi connectivity index (χ3n) is 6.01. The number of fused-ring (bicyclic) bond motifs is 1. The van der Waals surface area contributed by atoms with Crippen LogP contribution in [-0.2, 0) is 0 Å². The molecular formula is C25H26FN5O3. The number of aromatic nitrogens is 4. The van der Waals surface area contributed by atoms with E-state index in [0.29, 0.717) is 22.7 Å². The lowest BCUT2D eigenvalue weighted by Gasteiger charge is -2.31. The number of piperidine rings is 1. The third kappa shape index (κ3) is 4.25. The molecule has 5 rings (SSSR count). The fraction of sp³-hybridized carbons (Fsp3) is 0.360. The predicted octanol–water partition coefficient (Wildman–Crippen LogP) is 5.00. The lowest BCUT2D eigenvalue weighted by atomic mass is 10.0. The van der Waals surface area contributed by atoms with Crippen molar-refractivity contribution in [3.8, 4) is 22.8 Å². The minimum atomic E-state index is -0.415. The van der Waals surface area contributed by atoms with Crippen molar-refractivity contribution in [2.75, 3.05) is 25.1 Å². The molecule has 34 heavy (non-hydrogen) atoms. The first-order chi connectivity index (χ1) is 16.5. The Bertz CT molecular complexity index is 1300. The van der Waals surface area contributed by atoms with E-state index < -0.39 is 5.82 Å². The zero-order valence-electron chi connectivity index (χ0n) is 19.4. The van der Waals surface area contributed by atoms with Crippen molar-refractivity contribution in [2.24, 2.45) is 0 Å². The van der Waals surface area contributed by atoms with Crippen LogP contribution < -0.4 is 14.4 Å². The molecule has 0 bridgehead atoms. The van der Waals surface area contributed by atoms with Gasteiger partial charge in [0.25, 0.3) is 0 Å². The quantitative estimate of drug-likeness (QED) is 0.395. The molecule has 1 aliphatic heterocycles. The summed E-state index contributed by atoms with van der Waals surface area (Å²) in [7, 11) is 1.46. The molecule has 1 aliphatic rings. The molecule has 9 heteroatoms. The van der Waals surface area contributed by atoms with Gasteiger partial charge in [0.2, 0.25) is 5.88 Å². The van der Waals surface area contributed by atoms with E-state index >= 15 is 0 Å². The van der Waals surface area contributed by atoms with Crippen LogP contribution in [0, 0.1) is 5.82 Å². The summed E-state index contributed by atoms with van der Waals surface area (Å²) < 4.78 is 31.6. The fourth-order valence-corrected chi connectivity index (χ4v) is 4.13. The number of para-hydroxylation sites is 1. The Morgan fingerprint density at radius 1 is 1.12 bits per heavy atom. The summed E-state index contributed by atoms with van der Waals surface area (Å²) >= 11 is 0. The van der Waals surface area contributed by atoms with Gasteiger partial charge in [-0.15, -0.1) is 0 Å². The van der Waals surface area contributed by atoms with Crippen LogP contribution in [0.2, 0.25) is 0 Å². The number of rotatable bonds is 6. The molecule has 0 saturated carbocycles. The normalized spacial score (nSPS) is 14.7. The molecule has 0 N–H and O–H groups in total. The van der Waals surface area contributed by atoms with Gasteiger partial charge in [0.1, 0.15) is 17.7 Å². The maximum atomic E-state index is 14.7. The topological polar surface area (TPSA) is 86.4 Å². The van der Waals surface area contributed by atoms with Crippen LogP contribution in [0.5, 0.6) is 11.6 Å². The van der Waals surface area contributed by atoms with Crippen molar-refractivity contribution in [1.82, 2.24) is 20.1 Å². The summed E-state index contributed by atoms with van der Waals surface area (Å²) in [6.45, 7) is 5.61. The van der Waals surface area contributed by atoms with Gasteiger partial charge in [0.15, 0.2) is 5.82 Å². The highest BCUT2D eigenvalue weighted by Gasteiger charge is 2.25. The molecule has 0 amide bonds. The Morgan fingerprint density at radius 2 is 1.94 bits per heavy atom. The largest absolute Gasteiger partial charge is 0.490 e. The van der Waals surface area contributed by atoms with Crippen molar-refractivity contribution in [1.29, 1.82) is 0 Å². The van der Waals surface area contributed by atoms with Gasteiger partial charge in [-0.2, -0.15) is 4.98 Å². The maximum absolute atomic E-state index is 14.7. The number of hydrogen-bond donors (Lipinski definition) is 0. The average Bonchev–Trinajstić information content (AvgIpc) is 3.35. The monoisotopic (exact) mass is 463 g/mol. The van der Waals surface area contributed by atoms with E-state index in [9.17, 15) is 4.39 Å². The second kappa shape index (κ2) is 9.24. The highest BCUT2D eigenvalue weighted by atomic mass is 19.1. The first-order valence-corrected chi connectivity index (χ1v) is 11.4. The molecule has 176 valence electrons. The van der Waals surface area contributed by atoms with Gasteiger partial charge >= 0.3 is 6.01 Å². The number of anilines is 1. The number of halogens is 1. The minimum Gasteiger partial charge on any atom is -0.490 e. The molecule has 1 saturated heterocycles. The third-order valence-corrected chi connectivity index (χ3v) is 6.01. The molecule has 0 aliphatic carbocycles. The summed E-state index contributed by atoms with van der Waals surface area (Å²) in [5.41, 5.74) is 1.68. The van der Waals surface area contributed by atoms with Gasteiger partial charge in [0, 0.05) is 66.8 Å². The first-order valence-electron chi connectivity index (χ1n) is 11.4. The zero-order valence-corrected chi connectivity index (χ0v) is 19.4. The van der Waals surface area contributed by atoms with E-state index in [1.165, 1.54) is 19.4 Å². The number of pyridine rings is 2. The van der Waals surface area contributed by atoms with E-state index in [2.05, 4.69) is 25.0 Å². The first kappa shape index (κ1) is 22.1. The molecular weight excluding hydrogens is 437 g/mol. The Balaban J connectivity index is 1.35. The standard InChI is InChI=1S/C25H26FN5O3/c1-15(2)24-29-25(34-30-24)31-11-8-16(9-12-31)33-21-7-10-27-23-17(5-4-6-18(21)23)19-14-28-22(32-3)13-20(19)26/h4-7,10,13-16H,8-9,11-12H2,1-3H3. The summed E-state index contributed by atoms with van der Waals surface area (Å²) in [5.74, 6) is 1.49. The summed E-state index contributed by atoms with van der Waals surface area (Å²) in [4.78, 5) is 15.3. The van der Waals surface area contributed by atoms with E-state index in [0.717, 1.165) is 42.9 Å². The highest BCUT2D eigenvalue weighted by Crippen LogP contribution is 2.35. The molecule has 4 heterocycles. The number of benzene rings is 1. The van der Waals surface area contributed by atoms with Crippen LogP contribution in [-0.4, -0.2) is 46.4 Å². The number of hydrogen-bond acceptors (Lipinski definition) is 8. The van der Waals surface area contributed by atoms with E-state index in [1.807, 2.05) is 38.1 Å². The van der Waals surface area contributed by atoms with Crippen LogP contribution in [0.25, 0.3) is 22.0 Å². The smallest absolute Gasteiger partial charge is 0.324 e. The Morgan fingerprint density at radius 3 is 2.65 bits per heavy atom. The molecule has 0 unspecified atom stereocenters. The van der Waals surface area contributed by atoms with Gasteiger partial charge in [-0.3, -0.25) is 4.98 Å². The van der Waals surface area contributed by atoms with Crippen molar-refractivity contribution >= 4 is 16.9 Å².